The summed E-state index contributed by atoms with van der Waals surface area (Å²) in [6, 6.07) is 10.2. The molecule has 0 atom stereocenters. The fourth-order valence-corrected chi connectivity index (χ4v) is 3.23. The lowest BCUT2D eigenvalue weighted by molar-refractivity contribution is -0.127. The summed E-state index contributed by atoms with van der Waals surface area (Å²) < 4.78 is 0. The maximum absolute atomic E-state index is 11.6. The standard InChI is InChI=1S/C19H23N7O/c27-15-8-4-10-26(15)11-5-9-20-19-24-17(16-18(25-19)23-13-22-16)21-12-14-6-2-1-3-7-14/h1-3,6-7,13H,4-5,8-12H2,(H3,20,21,22,23,24,25). The van der Waals surface area contributed by atoms with Crippen LogP contribution in [-0.4, -0.2) is 50.4 Å². The minimum absolute atomic E-state index is 0.261. The molecular formula is C19H23N7O. The Morgan fingerprint density at radius 2 is 2.04 bits per heavy atom. The zero-order valence-corrected chi connectivity index (χ0v) is 15.1. The number of carbonyl (C=O) groups excluding carboxylic acids is 1. The van der Waals surface area contributed by atoms with Gasteiger partial charge in [0.15, 0.2) is 11.5 Å². The number of carbonyl (C=O) groups is 1. The number of likely N-dealkylation sites (tertiary alicyclic amines) is 1. The minimum atomic E-state index is 0.261. The molecule has 3 aromatic rings. The molecule has 8 heteroatoms. The van der Waals surface area contributed by atoms with E-state index in [-0.39, 0.29) is 5.91 Å². The lowest BCUT2D eigenvalue weighted by Gasteiger charge is -2.15. The summed E-state index contributed by atoms with van der Waals surface area (Å²) >= 11 is 0. The van der Waals surface area contributed by atoms with Gasteiger partial charge in [0, 0.05) is 32.6 Å². The van der Waals surface area contributed by atoms with Crippen molar-refractivity contribution >= 4 is 28.8 Å². The lowest BCUT2D eigenvalue weighted by Crippen LogP contribution is -2.27. The van der Waals surface area contributed by atoms with Crippen LogP contribution in [0.5, 0.6) is 0 Å². The molecule has 3 N–H and O–H groups in total. The Labute approximate surface area is 157 Å². The van der Waals surface area contributed by atoms with E-state index in [1.54, 1.807) is 6.33 Å². The first-order chi connectivity index (χ1) is 13.3. The maximum Gasteiger partial charge on any atom is 0.226 e. The molecule has 1 fully saturated rings. The number of anilines is 2. The highest BCUT2D eigenvalue weighted by Crippen LogP contribution is 2.19. The zero-order valence-electron chi connectivity index (χ0n) is 15.1. The van der Waals surface area contributed by atoms with E-state index in [9.17, 15) is 4.79 Å². The first kappa shape index (κ1) is 17.3. The van der Waals surface area contributed by atoms with Crippen LogP contribution in [0.3, 0.4) is 0 Å². The Morgan fingerprint density at radius 3 is 2.85 bits per heavy atom. The molecule has 1 aromatic carbocycles. The molecule has 0 saturated carbocycles. The van der Waals surface area contributed by atoms with Crippen LogP contribution < -0.4 is 10.6 Å². The average molecular weight is 365 g/mol. The fraction of sp³-hybridized carbons (Fsp3) is 0.368. The molecular weight excluding hydrogens is 342 g/mol. The molecule has 27 heavy (non-hydrogen) atoms. The molecule has 1 saturated heterocycles. The van der Waals surface area contributed by atoms with Gasteiger partial charge in [0.1, 0.15) is 5.52 Å². The normalized spacial score (nSPS) is 14.1. The quantitative estimate of drug-likeness (QED) is 0.530. The van der Waals surface area contributed by atoms with Gasteiger partial charge in [-0.1, -0.05) is 30.3 Å². The minimum Gasteiger partial charge on any atom is -0.364 e. The Balaban J connectivity index is 1.38. The van der Waals surface area contributed by atoms with E-state index in [0.29, 0.717) is 31.1 Å². The Morgan fingerprint density at radius 1 is 1.15 bits per heavy atom. The SMILES string of the molecule is O=C1CCCN1CCCNc1nc(NCc2ccccc2)c2[nH]cnc2n1. The third-order valence-corrected chi connectivity index (χ3v) is 4.65. The van der Waals surface area contributed by atoms with Gasteiger partial charge in [-0.15, -0.1) is 0 Å². The third kappa shape index (κ3) is 4.16. The molecule has 1 amide bonds. The van der Waals surface area contributed by atoms with Crippen molar-refractivity contribution < 1.29 is 4.79 Å². The second-order valence-corrected chi connectivity index (χ2v) is 6.60. The predicted octanol–water partition coefficient (Wildman–Crippen LogP) is 2.39. The molecule has 8 nitrogen and oxygen atoms in total. The number of aromatic nitrogens is 4. The number of aromatic amines is 1. The number of amides is 1. The first-order valence-corrected chi connectivity index (χ1v) is 9.30. The molecule has 0 unspecified atom stereocenters. The lowest BCUT2D eigenvalue weighted by atomic mass is 10.2. The van der Waals surface area contributed by atoms with Crippen molar-refractivity contribution in [1.82, 2.24) is 24.8 Å². The Bertz CT molecular complexity index is 909. The highest BCUT2D eigenvalue weighted by Gasteiger charge is 2.19. The van der Waals surface area contributed by atoms with Crippen molar-refractivity contribution in [3.05, 3.63) is 42.2 Å². The van der Waals surface area contributed by atoms with E-state index in [4.69, 9.17) is 0 Å². The van der Waals surface area contributed by atoms with Crippen LogP contribution >= 0.6 is 0 Å². The van der Waals surface area contributed by atoms with E-state index >= 15 is 0 Å². The fourth-order valence-electron chi connectivity index (χ4n) is 3.23. The van der Waals surface area contributed by atoms with E-state index in [1.807, 2.05) is 23.1 Å². The van der Waals surface area contributed by atoms with Crippen molar-refractivity contribution in [2.75, 3.05) is 30.3 Å². The van der Waals surface area contributed by atoms with E-state index in [0.717, 1.165) is 37.3 Å². The third-order valence-electron chi connectivity index (χ3n) is 4.65. The van der Waals surface area contributed by atoms with Gasteiger partial charge in [0.05, 0.1) is 6.33 Å². The van der Waals surface area contributed by atoms with E-state index in [2.05, 4.69) is 42.7 Å². The van der Waals surface area contributed by atoms with Gasteiger partial charge in [0.2, 0.25) is 11.9 Å². The van der Waals surface area contributed by atoms with Crippen molar-refractivity contribution in [3.63, 3.8) is 0 Å². The molecule has 140 valence electrons. The second-order valence-electron chi connectivity index (χ2n) is 6.60. The Kier molecular flexibility index (Phi) is 5.13. The predicted molar refractivity (Wildman–Crippen MR) is 104 cm³/mol. The molecule has 2 aromatic heterocycles. The topological polar surface area (TPSA) is 98.8 Å². The van der Waals surface area contributed by atoms with Crippen LogP contribution in [0, 0.1) is 0 Å². The summed E-state index contributed by atoms with van der Waals surface area (Å²) in [6.45, 7) is 3.03. The van der Waals surface area contributed by atoms with Crippen LogP contribution in [0.25, 0.3) is 11.2 Å². The molecule has 4 rings (SSSR count). The number of benzene rings is 1. The van der Waals surface area contributed by atoms with E-state index in [1.165, 1.54) is 5.56 Å². The van der Waals surface area contributed by atoms with Crippen LogP contribution in [0.15, 0.2) is 36.7 Å². The number of rotatable bonds is 8. The van der Waals surface area contributed by atoms with Gasteiger partial charge in [-0.25, -0.2) is 4.98 Å². The maximum atomic E-state index is 11.6. The Hall–Kier alpha value is -3.16. The number of nitrogens with zero attached hydrogens (tertiary/aromatic N) is 4. The van der Waals surface area contributed by atoms with Crippen LogP contribution in [-0.2, 0) is 11.3 Å². The smallest absolute Gasteiger partial charge is 0.226 e. The number of hydrogen-bond acceptors (Lipinski definition) is 6. The van der Waals surface area contributed by atoms with Crippen molar-refractivity contribution in [3.8, 4) is 0 Å². The first-order valence-electron chi connectivity index (χ1n) is 9.30. The number of hydrogen-bond donors (Lipinski definition) is 3. The van der Waals surface area contributed by atoms with Crippen LogP contribution in [0.2, 0.25) is 0 Å². The zero-order chi connectivity index (χ0) is 18.5. The summed E-state index contributed by atoms with van der Waals surface area (Å²) in [7, 11) is 0. The highest BCUT2D eigenvalue weighted by molar-refractivity contribution is 5.83. The van der Waals surface area contributed by atoms with Gasteiger partial charge in [-0.3, -0.25) is 4.79 Å². The number of H-pyrrole nitrogens is 1. The molecule has 0 radical (unpaired) electrons. The molecule has 3 heterocycles. The van der Waals surface area contributed by atoms with E-state index < -0.39 is 0 Å². The molecule has 1 aliphatic heterocycles. The number of imidazole rings is 1. The largest absolute Gasteiger partial charge is 0.364 e. The van der Waals surface area contributed by atoms with Gasteiger partial charge in [-0.2, -0.15) is 9.97 Å². The summed E-state index contributed by atoms with van der Waals surface area (Å²) in [5.41, 5.74) is 2.59. The second kappa shape index (κ2) is 8.03. The molecule has 0 aliphatic carbocycles. The monoisotopic (exact) mass is 365 g/mol. The van der Waals surface area contributed by atoms with Crippen LogP contribution in [0.1, 0.15) is 24.8 Å². The summed E-state index contributed by atoms with van der Waals surface area (Å²) in [4.78, 5) is 30.0. The molecule has 0 bridgehead atoms. The highest BCUT2D eigenvalue weighted by atomic mass is 16.2. The van der Waals surface area contributed by atoms with Gasteiger partial charge in [0.25, 0.3) is 0 Å². The van der Waals surface area contributed by atoms with Gasteiger partial charge in [-0.05, 0) is 18.4 Å². The van der Waals surface area contributed by atoms with Crippen molar-refractivity contribution in [2.45, 2.75) is 25.8 Å². The molecule has 1 aliphatic rings. The summed E-state index contributed by atoms with van der Waals surface area (Å²) in [6.07, 6.45) is 4.14. The van der Waals surface area contributed by atoms with Crippen molar-refractivity contribution in [1.29, 1.82) is 0 Å². The van der Waals surface area contributed by atoms with Crippen molar-refractivity contribution in [2.24, 2.45) is 0 Å². The summed E-state index contributed by atoms with van der Waals surface area (Å²) in [5, 5.41) is 6.61. The average Bonchev–Trinajstić information content (AvgIpc) is 3.33. The van der Waals surface area contributed by atoms with Gasteiger partial charge >= 0.3 is 0 Å². The number of fused-ring (bicyclic) bond motifs is 1. The van der Waals surface area contributed by atoms with Gasteiger partial charge < -0.3 is 20.5 Å². The molecule has 0 spiro atoms. The van der Waals surface area contributed by atoms with Crippen LogP contribution in [0.4, 0.5) is 11.8 Å². The summed E-state index contributed by atoms with van der Waals surface area (Å²) in [5.74, 6) is 1.52. The number of nitrogens with one attached hydrogen (secondary N) is 3.